The predicted octanol–water partition coefficient (Wildman–Crippen LogP) is 5.52. The smallest absolute Gasteiger partial charge is 0.416 e. The average Bonchev–Trinajstić information content (AvgIpc) is 3.51. The molecule has 3 heterocycles. The van der Waals surface area contributed by atoms with Crippen LogP contribution in [0.1, 0.15) is 22.8 Å². The van der Waals surface area contributed by atoms with Gasteiger partial charge in [-0.2, -0.15) is 30.9 Å². The second kappa shape index (κ2) is 9.08. The number of halogens is 6. The Morgan fingerprint density at radius 3 is 2.08 bits per heavy atom. The maximum atomic E-state index is 14.4. The van der Waals surface area contributed by atoms with Crippen molar-refractivity contribution in [2.24, 2.45) is 0 Å². The Bertz CT molecular complexity index is 1710. The Morgan fingerprint density at radius 2 is 1.51 bits per heavy atom. The third-order valence-electron chi connectivity index (χ3n) is 6.13. The van der Waals surface area contributed by atoms with Gasteiger partial charge in [0.25, 0.3) is 22.9 Å². The number of ether oxygens (including phenoxy) is 1. The summed E-state index contributed by atoms with van der Waals surface area (Å²) in [6.07, 6.45) is -9.97. The maximum absolute atomic E-state index is 14.4. The third kappa shape index (κ3) is 4.07. The fourth-order valence-electron chi connectivity index (χ4n) is 4.38. The molecule has 0 aliphatic rings. The van der Waals surface area contributed by atoms with Crippen molar-refractivity contribution in [3.8, 4) is 22.6 Å². The van der Waals surface area contributed by atoms with Gasteiger partial charge in [-0.1, -0.05) is 60.7 Å². The normalized spacial score (nSPS) is 14.1. The molecule has 0 bridgehead atoms. The molecule has 1 N–H and O–H groups in total. The molecule has 39 heavy (non-hydrogen) atoms. The Hall–Kier alpha value is -4.46. The van der Waals surface area contributed by atoms with Gasteiger partial charge in [0.15, 0.2) is 5.65 Å². The van der Waals surface area contributed by atoms with E-state index >= 15 is 0 Å². The molecule has 0 amide bonds. The van der Waals surface area contributed by atoms with E-state index in [0.29, 0.717) is 4.52 Å². The molecule has 0 aliphatic heterocycles. The van der Waals surface area contributed by atoms with Crippen LogP contribution in [0.2, 0.25) is 0 Å². The van der Waals surface area contributed by atoms with Crippen LogP contribution in [0.15, 0.2) is 69.9 Å². The van der Waals surface area contributed by atoms with Gasteiger partial charge < -0.3 is 9.15 Å². The lowest BCUT2D eigenvalue weighted by atomic mass is 9.92. The number of nitrogens with one attached hydrogen (secondary N) is 1. The first-order chi connectivity index (χ1) is 18.4. The van der Waals surface area contributed by atoms with E-state index in [2.05, 4.69) is 15.2 Å². The van der Waals surface area contributed by atoms with Crippen LogP contribution in [0.3, 0.4) is 0 Å². The number of H-pyrrole nitrogens is 1. The van der Waals surface area contributed by atoms with Gasteiger partial charge in [0.1, 0.15) is 11.3 Å². The van der Waals surface area contributed by atoms with Crippen molar-refractivity contribution in [2.45, 2.75) is 24.9 Å². The Balaban J connectivity index is 1.74. The Labute approximate surface area is 214 Å². The van der Waals surface area contributed by atoms with Gasteiger partial charge in [0, 0.05) is 12.7 Å². The van der Waals surface area contributed by atoms with Gasteiger partial charge in [-0.3, -0.25) is 9.89 Å². The highest BCUT2D eigenvalue weighted by atomic mass is 19.4. The van der Waals surface area contributed by atoms with E-state index in [1.165, 1.54) is 49.4 Å². The summed E-state index contributed by atoms with van der Waals surface area (Å²) in [6, 6.07) is 14.0. The molecule has 0 unspecified atom stereocenters. The summed E-state index contributed by atoms with van der Waals surface area (Å²) in [5, 5.41) is 9.17. The molecule has 3 aromatic heterocycles. The molecule has 5 rings (SSSR count). The molecule has 5 aromatic rings. The predicted molar refractivity (Wildman–Crippen MR) is 125 cm³/mol. The van der Waals surface area contributed by atoms with Gasteiger partial charge in [0.2, 0.25) is 0 Å². The minimum absolute atomic E-state index is 0.139. The molecular weight excluding hydrogens is 532 g/mol. The van der Waals surface area contributed by atoms with Crippen LogP contribution in [0, 0.1) is 6.92 Å². The third-order valence-corrected chi connectivity index (χ3v) is 6.13. The van der Waals surface area contributed by atoms with Crippen molar-refractivity contribution >= 4 is 5.65 Å². The zero-order chi connectivity index (χ0) is 28.2. The molecule has 0 saturated heterocycles. The number of fused-ring (bicyclic) bond motifs is 1. The van der Waals surface area contributed by atoms with Gasteiger partial charge >= 0.3 is 12.4 Å². The van der Waals surface area contributed by atoms with Crippen LogP contribution in [-0.4, -0.2) is 38.1 Å². The van der Waals surface area contributed by atoms with Crippen molar-refractivity contribution < 1.29 is 35.5 Å². The molecule has 14 heteroatoms. The van der Waals surface area contributed by atoms with E-state index in [0.717, 1.165) is 19.2 Å². The Morgan fingerprint density at radius 1 is 0.897 bits per heavy atom. The fraction of sp³-hybridized carbons (Fsp3) is 0.200. The molecule has 202 valence electrons. The number of aromatic nitrogens is 5. The van der Waals surface area contributed by atoms with E-state index in [1.807, 2.05) is 5.10 Å². The molecule has 2 aromatic carbocycles. The Kier molecular flexibility index (Phi) is 6.09. The van der Waals surface area contributed by atoms with Gasteiger partial charge in [-0.05, 0) is 12.5 Å². The first-order valence-electron chi connectivity index (χ1n) is 11.2. The number of hydrogen-bond donors (Lipinski definition) is 1. The first kappa shape index (κ1) is 26.2. The second-order valence-electron chi connectivity index (χ2n) is 8.42. The van der Waals surface area contributed by atoms with E-state index in [9.17, 15) is 31.1 Å². The quantitative estimate of drug-likeness (QED) is 0.290. The first-order valence-corrected chi connectivity index (χ1v) is 11.2. The number of benzene rings is 2. The monoisotopic (exact) mass is 549 g/mol. The van der Waals surface area contributed by atoms with Gasteiger partial charge in [0.05, 0.1) is 11.3 Å². The number of hydrogen-bond acceptors (Lipinski definition) is 6. The van der Waals surface area contributed by atoms with Crippen LogP contribution in [0.5, 0.6) is 0 Å². The second-order valence-corrected chi connectivity index (χ2v) is 8.42. The summed E-state index contributed by atoms with van der Waals surface area (Å²) in [7, 11) is 0.806. The van der Waals surface area contributed by atoms with E-state index < -0.39 is 46.6 Å². The summed E-state index contributed by atoms with van der Waals surface area (Å²) in [4.78, 5) is 17.6. The fourth-order valence-corrected chi connectivity index (χ4v) is 4.38. The molecule has 0 spiro atoms. The SMILES string of the molecule is CO[C@@](c1ccccc1)(c1nnc(-c2c(C)nc3c(-c4ccccc4)c(C(F)(F)F)[nH]n3c2=O)o1)C(F)(F)F. The number of rotatable bonds is 5. The summed E-state index contributed by atoms with van der Waals surface area (Å²) in [5.41, 5.74) is -7.08. The summed E-state index contributed by atoms with van der Waals surface area (Å²) in [6.45, 7) is 1.29. The lowest BCUT2D eigenvalue weighted by Crippen LogP contribution is -2.45. The van der Waals surface area contributed by atoms with E-state index in [-0.39, 0.29) is 28.0 Å². The molecule has 0 fully saturated rings. The van der Waals surface area contributed by atoms with Crippen LogP contribution in [-0.2, 0) is 16.5 Å². The van der Waals surface area contributed by atoms with Crippen LogP contribution in [0.25, 0.3) is 28.2 Å². The van der Waals surface area contributed by atoms with Crippen molar-refractivity contribution in [3.05, 3.63) is 93.9 Å². The van der Waals surface area contributed by atoms with Crippen molar-refractivity contribution in [3.63, 3.8) is 0 Å². The number of nitrogens with zero attached hydrogens (tertiary/aromatic N) is 4. The minimum atomic E-state index is -5.08. The standard InChI is InChI=1S/C25H17F6N5O3/c1-13-16(20-33-34-22(39-20)23(38-2,25(29,30)31)15-11-7-4-8-12-15)21(37)36-19(32-13)17(14-9-5-3-6-10-14)18(35-36)24(26,27)28/h3-12,35H,1-2H3/t23-/m0/s1. The van der Waals surface area contributed by atoms with Crippen molar-refractivity contribution in [2.75, 3.05) is 7.11 Å². The number of aryl methyl sites for hydroxylation is 1. The number of aromatic amines is 1. The summed E-state index contributed by atoms with van der Waals surface area (Å²) in [5.74, 6) is -1.71. The zero-order valence-corrected chi connectivity index (χ0v) is 20.1. The van der Waals surface area contributed by atoms with E-state index in [1.54, 1.807) is 6.07 Å². The van der Waals surface area contributed by atoms with Crippen molar-refractivity contribution in [1.29, 1.82) is 0 Å². The van der Waals surface area contributed by atoms with Gasteiger partial charge in [-0.15, -0.1) is 10.2 Å². The van der Waals surface area contributed by atoms with Gasteiger partial charge in [-0.25, -0.2) is 4.98 Å². The highest BCUT2D eigenvalue weighted by molar-refractivity contribution is 5.81. The molecule has 0 radical (unpaired) electrons. The topological polar surface area (TPSA) is 98.3 Å². The minimum Gasteiger partial charge on any atom is -0.416 e. The average molecular weight is 549 g/mol. The molecule has 0 aliphatic carbocycles. The zero-order valence-electron chi connectivity index (χ0n) is 20.1. The van der Waals surface area contributed by atoms with Crippen molar-refractivity contribution in [1.82, 2.24) is 24.8 Å². The summed E-state index contributed by atoms with van der Waals surface area (Å²) < 4.78 is 95.8. The molecule has 1 atom stereocenters. The lowest BCUT2D eigenvalue weighted by Gasteiger charge is -2.31. The molecular formula is C25H17F6N5O3. The highest BCUT2D eigenvalue weighted by Crippen LogP contribution is 2.47. The van der Waals surface area contributed by atoms with Crippen LogP contribution < -0.4 is 5.56 Å². The maximum Gasteiger partial charge on any atom is 0.433 e. The number of methoxy groups -OCH3 is 1. The summed E-state index contributed by atoms with van der Waals surface area (Å²) >= 11 is 0. The number of alkyl halides is 6. The largest absolute Gasteiger partial charge is 0.433 e. The molecule has 0 saturated carbocycles. The lowest BCUT2D eigenvalue weighted by molar-refractivity contribution is -0.265. The van der Waals surface area contributed by atoms with Crippen LogP contribution in [0.4, 0.5) is 26.3 Å². The highest BCUT2D eigenvalue weighted by Gasteiger charge is 2.62. The van der Waals surface area contributed by atoms with Crippen LogP contribution >= 0.6 is 0 Å². The van der Waals surface area contributed by atoms with E-state index in [4.69, 9.17) is 9.15 Å². The molecule has 8 nitrogen and oxygen atoms in total.